The summed E-state index contributed by atoms with van der Waals surface area (Å²) < 4.78 is 10.5. The van der Waals surface area contributed by atoms with Gasteiger partial charge in [-0.3, -0.25) is 4.79 Å². The van der Waals surface area contributed by atoms with E-state index in [9.17, 15) is 4.79 Å². The van der Waals surface area contributed by atoms with E-state index in [2.05, 4.69) is 5.32 Å². The summed E-state index contributed by atoms with van der Waals surface area (Å²) in [4.78, 5) is 11.4. The number of fused-ring (bicyclic) bond motifs is 1. The summed E-state index contributed by atoms with van der Waals surface area (Å²) in [6.07, 6.45) is 1.60. The predicted molar refractivity (Wildman–Crippen MR) is 74.2 cm³/mol. The van der Waals surface area contributed by atoms with E-state index in [1.807, 2.05) is 0 Å². The largest absolute Gasteiger partial charge is 0.492 e. The number of ether oxygens (including phenoxy) is 2. The number of rotatable bonds is 6. The van der Waals surface area contributed by atoms with Gasteiger partial charge in [-0.2, -0.15) is 0 Å². The van der Waals surface area contributed by atoms with Crippen molar-refractivity contribution in [2.45, 2.75) is 12.8 Å². The number of hydrogen-bond donors (Lipinski definition) is 2. The summed E-state index contributed by atoms with van der Waals surface area (Å²) in [5.74, 6) is 0.0390. The number of methoxy groups -OCH3 is 1. The zero-order chi connectivity index (χ0) is 13.8. The first-order valence-corrected chi connectivity index (χ1v) is 6.53. The van der Waals surface area contributed by atoms with Crippen molar-refractivity contribution < 1.29 is 14.3 Å². The molecule has 0 bridgehead atoms. The normalized spacial score (nSPS) is 12.9. The third-order valence-corrected chi connectivity index (χ3v) is 3.32. The smallest absolute Gasteiger partial charge is 0.252 e. The quantitative estimate of drug-likeness (QED) is 0.782. The molecule has 1 aromatic rings. The standard InChI is InChI=1S/C13H17ClN2O3/c1-18-5-2-4-16-11-8-3-6-19-12(8)9(13(15)17)7-10(11)14/h7,16H,2-6H2,1H3,(H2,15,17). The Bertz CT molecular complexity index is 491. The Balaban J connectivity index is 2.25. The van der Waals surface area contributed by atoms with Crippen LogP contribution < -0.4 is 15.8 Å². The molecule has 0 radical (unpaired) electrons. The van der Waals surface area contributed by atoms with Crippen molar-refractivity contribution >= 4 is 23.2 Å². The number of primary amides is 1. The van der Waals surface area contributed by atoms with Crippen molar-refractivity contribution in [1.82, 2.24) is 0 Å². The molecule has 0 aliphatic carbocycles. The highest BCUT2D eigenvalue weighted by Crippen LogP contribution is 2.40. The van der Waals surface area contributed by atoms with Crippen LogP contribution in [-0.2, 0) is 11.2 Å². The highest BCUT2D eigenvalue weighted by atomic mass is 35.5. The van der Waals surface area contributed by atoms with E-state index in [1.54, 1.807) is 13.2 Å². The van der Waals surface area contributed by atoms with E-state index < -0.39 is 5.91 Å². The van der Waals surface area contributed by atoms with Gasteiger partial charge in [-0.1, -0.05) is 11.6 Å². The number of benzene rings is 1. The van der Waals surface area contributed by atoms with Gasteiger partial charge in [0.2, 0.25) is 0 Å². The Morgan fingerprint density at radius 2 is 2.42 bits per heavy atom. The second-order valence-corrected chi connectivity index (χ2v) is 4.73. The van der Waals surface area contributed by atoms with E-state index in [0.717, 1.165) is 30.6 Å². The Morgan fingerprint density at radius 3 is 3.11 bits per heavy atom. The summed E-state index contributed by atoms with van der Waals surface area (Å²) in [5, 5.41) is 3.77. The Morgan fingerprint density at radius 1 is 1.63 bits per heavy atom. The van der Waals surface area contributed by atoms with E-state index in [-0.39, 0.29) is 0 Å². The average Bonchev–Trinajstić information content (AvgIpc) is 2.84. The molecule has 1 aliphatic rings. The second kappa shape index (κ2) is 6.12. The molecule has 1 heterocycles. The summed E-state index contributed by atoms with van der Waals surface area (Å²) in [7, 11) is 1.67. The van der Waals surface area contributed by atoms with Gasteiger partial charge in [0.15, 0.2) is 0 Å². The van der Waals surface area contributed by atoms with Gasteiger partial charge >= 0.3 is 0 Å². The topological polar surface area (TPSA) is 73.6 Å². The number of carbonyl (C=O) groups is 1. The van der Waals surface area contributed by atoms with Crippen molar-refractivity contribution in [2.24, 2.45) is 5.73 Å². The minimum Gasteiger partial charge on any atom is -0.492 e. The first-order chi connectivity index (χ1) is 9.15. The molecule has 0 unspecified atom stereocenters. The lowest BCUT2D eigenvalue weighted by atomic mass is 10.0. The summed E-state index contributed by atoms with van der Waals surface area (Å²) in [5.41, 5.74) is 7.44. The van der Waals surface area contributed by atoms with Gasteiger partial charge in [0, 0.05) is 32.2 Å². The molecule has 0 aromatic heterocycles. The fourth-order valence-electron chi connectivity index (χ4n) is 2.15. The lowest BCUT2D eigenvalue weighted by Gasteiger charge is -2.14. The SMILES string of the molecule is COCCCNc1c(Cl)cc(C(N)=O)c2c1CCO2. The Kier molecular flexibility index (Phi) is 4.50. The van der Waals surface area contributed by atoms with Crippen molar-refractivity contribution in [1.29, 1.82) is 0 Å². The zero-order valence-electron chi connectivity index (χ0n) is 10.8. The fourth-order valence-corrected chi connectivity index (χ4v) is 2.44. The molecule has 1 amide bonds. The van der Waals surface area contributed by atoms with Crippen LogP contribution in [0.2, 0.25) is 5.02 Å². The number of carbonyl (C=O) groups excluding carboxylic acids is 1. The highest BCUT2D eigenvalue weighted by Gasteiger charge is 2.25. The molecule has 0 saturated heterocycles. The molecule has 104 valence electrons. The summed E-state index contributed by atoms with van der Waals surface area (Å²) in [6.45, 7) is 1.97. The van der Waals surface area contributed by atoms with E-state index in [0.29, 0.717) is 29.5 Å². The third kappa shape index (κ3) is 2.93. The molecule has 6 heteroatoms. The van der Waals surface area contributed by atoms with Crippen molar-refractivity contribution in [3.05, 3.63) is 22.2 Å². The van der Waals surface area contributed by atoms with Gasteiger partial charge in [-0.05, 0) is 12.5 Å². The van der Waals surface area contributed by atoms with Crippen LogP contribution in [0, 0.1) is 0 Å². The molecular formula is C13H17ClN2O3. The molecule has 0 spiro atoms. The maximum atomic E-state index is 11.4. The minimum atomic E-state index is -0.522. The maximum Gasteiger partial charge on any atom is 0.252 e. The minimum absolute atomic E-state index is 0.347. The molecule has 0 fully saturated rings. The Labute approximate surface area is 117 Å². The predicted octanol–water partition coefficient (Wildman–Crippen LogP) is 1.82. The van der Waals surface area contributed by atoms with Crippen LogP contribution in [0.3, 0.4) is 0 Å². The number of hydrogen-bond acceptors (Lipinski definition) is 4. The van der Waals surface area contributed by atoms with Crippen LogP contribution in [0.5, 0.6) is 5.75 Å². The number of anilines is 1. The molecule has 5 nitrogen and oxygen atoms in total. The van der Waals surface area contributed by atoms with Crippen molar-refractivity contribution in [3.63, 3.8) is 0 Å². The lowest BCUT2D eigenvalue weighted by Crippen LogP contribution is -2.13. The van der Waals surface area contributed by atoms with Crippen LogP contribution in [0.25, 0.3) is 0 Å². The average molecular weight is 285 g/mol. The number of halogens is 1. The van der Waals surface area contributed by atoms with Crippen LogP contribution in [0.1, 0.15) is 22.3 Å². The molecule has 3 N–H and O–H groups in total. The van der Waals surface area contributed by atoms with Gasteiger partial charge in [0.05, 0.1) is 22.9 Å². The van der Waals surface area contributed by atoms with Gasteiger partial charge in [0.25, 0.3) is 5.91 Å². The monoisotopic (exact) mass is 284 g/mol. The van der Waals surface area contributed by atoms with Gasteiger partial charge in [0.1, 0.15) is 5.75 Å². The van der Waals surface area contributed by atoms with Crippen LogP contribution in [0.4, 0.5) is 5.69 Å². The van der Waals surface area contributed by atoms with E-state index in [1.165, 1.54) is 0 Å². The first kappa shape index (κ1) is 14.0. The van der Waals surface area contributed by atoms with Gasteiger partial charge < -0.3 is 20.5 Å². The highest BCUT2D eigenvalue weighted by molar-refractivity contribution is 6.34. The van der Waals surface area contributed by atoms with Crippen LogP contribution >= 0.6 is 11.6 Å². The number of amides is 1. The van der Waals surface area contributed by atoms with Gasteiger partial charge in [-0.15, -0.1) is 0 Å². The zero-order valence-corrected chi connectivity index (χ0v) is 11.5. The first-order valence-electron chi connectivity index (χ1n) is 6.16. The molecule has 2 rings (SSSR count). The second-order valence-electron chi connectivity index (χ2n) is 4.32. The van der Waals surface area contributed by atoms with Crippen molar-refractivity contribution in [3.8, 4) is 5.75 Å². The number of nitrogens with one attached hydrogen (secondary N) is 1. The summed E-state index contributed by atoms with van der Waals surface area (Å²) in [6, 6.07) is 1.56. The molecular weight excluding hydrogens is 268 g/mol. The number of nitrogens with two attached hydrogens (primary N) is 1. The lowest BCUT2D eigenvalue weighted by molar-refractivity contribution is 0.0997. The molecule has 1 aliphatic heterocycles. The van der Waals surface area contributed by atoms with Gasteiger partial charge in [-0.25, -0.2) is 0 Å². The van der Waals surface area contributed by atoms with E-state index >= 15 is 0 Å². The fraction of sp³-hybridized carbons (Fsp3) is 0.462. The molecule has 1 aromatic carbocycles. The van der Waals surface area contributed by atoms with Crippen LogP contribution in [0.15, 0.2) is 6.07 Å². The third-order valence-electron chi connectivity index (χ3n) is 3.02. The summed E-state index contributed by atoms with van der Waals surface area (Å²) >= 11 is 6.21. The van der Waals surface area contributed by atoms with E-state index in [4.69, 9.17) is 26.8 Å². The molecule has 19 heavy (non-hydrogen) atoms. The molecule has 0 atom stereocenters. The van der Waals surface area contributed by atoms with Crippen molar-refractivity contribution in [2.75, 3.05) is 32.2 Å². The Hall–Kier alpha value is -1.46. The molecule has 0 saturated carbocycles. The maximum absolute atomic E-state index is 11.4. The van der Waals surface area contributed by atoms with Crippen LogP contribution in [-0.4, -0.2) is 32.8 Å².